The molecule has 3 heteroatoms. The number of unbranched alkanes of at least 4 members (excludes halogenated alkanes) is 4. The zero-order valence-electron chi connectivity index (χ0n) is 11.1. The van der Waals surface area contributed by atoms with E-state index in [0.29, 0.717) is 5.17 Å². The topological polar surface area (TPSA) is 21.3 Å². The molecule has 0 amide bonds. The van der Waals surface area contributed by atoms with Crippen molar-refractivity contribution < 1.29 is 4.74 Å². The molecule has 0 saturated heterocycles. The minimum Gasteiger partial charge on any atom is -0.468 e. The van der Waals surface area contributed by atoms with E-state index < -0.39 is 0 Å². The van der Waals surface area contributed by atoms with E-state index in [1.165, 1.54) is 32.1 Å². The predicted octanol–water partition coefficient (Wildman–Crippen LogP) is 4.04. The van der Waals surface area contributed by atoms with E-state index in [4.69, 9.17) is 17.0 Å². The molecule has 0 bridgehead atoms. The summed E-state index contributed by atoms with van der Waals surface area (Å²) in [5, 5.41) is 3.69. The minimum absolute atomic E-state index is 0.249. The van der Waals surface area contributed by atoms with Crippen LogP contribution in [0.2, 0.25) is 0 Å². The van der Waals surface area contributed by atoms with Crippen LogP contribution in [0.5, 0.6) is 0 Å². The van der Waals surface area contributed by atoms with E-state index in [2.05, 4.69) is 26.1 Å². The Morgan fingerprint density at radius 2 is 1.81 bits per heavy atom. The molecule has 0 spiro atoms. The van der Waals surface area contributed by atoms with Gasteiger partial charge in [0.1, 0.15) is 0 Å². The summed E-state index contributed by atoms with van der Waals surface area (Å²) < 4.78 is 5.60. The van der Waals surface area contributed by atoms with E-state index in [0.717, 1.165) is 19.4 Å². The van der Waals surface area contributed by atoms with Crippen LogP contribution in [0.25, 0.3) is 0 Å². The highest BCUT2D eigenvalue weighted by molar-refractivity contribution is 7.80. The molecule has 0 aromatic carbocycles. The molecular weight excluding hydrogens is 218 g/mol. The van der Waals surface area contributed by atoms with E-state index >= 15 is 0 Å². The molecule has 1 unspecified atom stereocenters. The Balaban J connectivity index is 3.39. The van der Waals surface area contributed by atoms with Crippen LogP contribution in [0.3, 0.4) is 0 Å². The van der Waals surface area contributed by atoms with Gasteiger partial charge in [0.05, 0.1) is 6.10 Å². The first-order valence-corrected chi connectivity index (χ1v) is 7.06. The predicted molar refractivity (Wildman–Crippen MR) is 74.8 cm³/mol. The van der Waals surface area contributed by atoms with E-state index in [1.807, 2.05) is 0 Å². The first kappa shape index (κ1) is 15.7. The standard InChI is InChI=1S/C13H27NOS/c1-4-6-8-9-10-12(3)15-13(16)14-11-7-5-2/h12H,4-11H2,1-3H3,(H,14,16). The van der Waals surface area contributed by atoms with Crippen LogP contribution in [-0.4, -0.2) is 17.8 Å². The molecule has 0 aromatic heterocycles. The van der Waals surface area contributed by atoms with Crippen molar-refractivity contribution in [1.29, 1.82) is 0 Å². The molecule has 1 N–H and O–H groups in total. The molecule has 96 valence electrons. The maximum Gasteiger partial charge on any atom is 0.256 e. The quantitative estimate of drug-likeness (QED) is 0.489. The second kappa shape index (κ2) is 11.2. The molecular formula is C13H27NOS. The van der Waals surface area contributed by atoms with Crippen LogP contribution in [0.1, 0.15) is 65.7 Å². The summed E-state index contributed by atoms with van der Waals surface area (Å²) in [6.45, 7) is 7.42. The highest BCUT2D eigenvalue weighted by Gasteiger charge is 2.05. The fraction of sp³-hybridized carbons (Fsp3) is 0.923. The SMILES string of the molecule is CCCCCCC(C)OC(=S)NCCCC. The Hall–Kier alpha value is -0.310. The van der Waals surface area contributed by atoms with Crippen LogP contribution in [0.15, 0.2) is 0 Å². The molecule has 1 atom stereocenters. The number of hydrogen-bond donors (Lipinski definition) is 1. The lowest BCUT2D eigenvalue weighted by Gasteiger charge is -2.15. The maximum absolute atomic E-state index is 5.60. The van der Waals surface area contributed by atoms with Crippen molar-refractivity contribution >= 4 is 17.4 Å². The van der Waals surface area contributed by atoms with E-state index in [1.54, 1.807) is 0 Å². The Kier molecular flexibility index (Phi) is 11.0. The van der Waals surface area contributed by atoms with Crippen LogP contribution >= 0.6 is 12.2 Å². The van der Waals surface area contributed by atoms with Crippen molar-refractivity contribution in [3.8, 4) is 0 Å². The summed E-state index contributed by atoms with van der Waals surface area (Å²) >= 11 is 5.11. The lowest BCUT2D eigenvalue weighted by atomic mass is 10.1. The largest absolute Gasteiger partial charge is 0.468 e. The zero-order chi connectivity index (χ0) is 12.2. The molecule has 0 aliphatic heterocycles. The number of thiocarbonyl (C=S) groups is 1. The third-order valence-corrected chi connectivity index (χ3v) is 2.81. The average molecular weight is 245 g/mol. The van der Waals surface area contributed by atoms with Crippen molar-refractivity contribution in [2.24, 2.45) is 0 Å². The maximum atomic E-state index is 5.60. The molecule has 16 heavy (non-hydrogen) atoms. The van der Waals surface area contributed by atoms with Gasteiger partial charge in [0.2, 0.25) is 0 Å². The number of hydrogen-bond acceptors (Lipinski definition) is 2. The number of ether oxygens (including phenoxy) is 1. The summed E-state index contributed by atoms with van der Waals surface area (Å²) in [5.41, 5.74) is 0. The smallest absolute Gasteiger partial charge is 0.256 e. The molecule has 0 heterocycles. The van der Waals surface area contributed by atoms with Gasteiger partial charge in [-0.15, -0.1) is 0 Å². The zero-order valence-corrected chi connectivity index (χ0v) is 11.9. The first-order chi connectivity index (χ1) is 7.70. The average Bonchev–Trinajstić information content (AvgIpc) is 2.25. The van der Waals surface area contributed by atoms with Crippen LogP contribution < -0.4 is 5.32 Å². The fourth-order valence-corrected chi connectivity index (χ4v) is 1.78. The lowest BCUT2D eigenvalue weighted by Crippen LogP contribution is -2.28. The summed E-state index contributed by atoms with van der Waals surface area (Å²) in [4.78, 5) is 0. The number of nitrogens with one attached hydrogen (secondary N) is 1. The second-order valence-corrected chi connectivity index (χ2v) is 4.72. The van der Waals surface area contributed by atoms with Crippen molar-refractivity contribution in [3.05, 3.63) is 0 Å². The van der Waals surface area contributed by atoms with Gasteiger partial charge in [0.25, 0.3) is 5.17 Å². The third-order valence-electron chi connectivity index (χ3n) is 2.57. The molecule has 0 aliphatic carbocycles. The van der Waals surface area contributed by atoms with Crippen LogP contribution in [-0.2, 0) is 4.74 Å². The number of rotatable bonds is 9. The monoisotopic (exact) mass is 245 g/mol. The normalized spacial score (nSPS) is 12.2. The van der Waals surface area contributed by atoms with Gasteiger partial charge >= 0.3 is 0 Å². The van der Waals surface area contributed by atoms with Gasteiger partial charge < -0.3 is 10.1 Å². The Morgan fingerprint density at radius 3 is 2.44 bits per heavy atom. The van der Waals surface area contributed by atoms with Gasteiger partial charge in [-0.05, 0) is 38.4 Å². The van der Waals surface area contributed by atoms with Crippen LogP contribution in [0.4, 0.5) is 0 Å². The Labute approximate surface area is 106 Å². The third kappa shape index (κ3) is 10.2. The summed E-state index contributed by atoms with van der Waals surface area (Å²) in [6.07, 6.45) is 8.84. The van der Waals surface area contributed by atoms with Crippen molar-refractivity contribution in [3.63, 3.8) is 0 Å². The second-order valence-electron chi connectivity index (χ2n) is 4.35. The van der Waals surface area contributed by atoms with E-state index in [9.17, 15) is 0 Å². The molecule has 0 radical (unpaired) electrons. The highest BCUT2D eigenvalue weighted by Crippen LogP contribution is 2.07. The van der Waals surface area contributed by atoms with Gasteiger partial charge in [-0.1, -0.05) is 39.5 Å². The van der Waals surface area contributed by atoms with Crippen molar-refractivity contribution in [2.45, 2.75) is 71.8 Å². The summed E-state index contributed by atoms with van der Waals surface area (Å²) in [7, 11) is 0. The molecule has 0 saturated carbocycles. The van der Waals surface area contributed by atoms with Gasteiger partial charge in [-0.2, -0.15) is 0 Å². The molecule has 0 fully saturated rings. The highest BCUT2D eigenvalue weighted by atomic mass is 32.1. The molecule has 0 aromatic rings. The molecule has 0 aliphatic rings. The van der Waals surface area contributed by atoms with Gasteiger partial charge in [-0.25, -0.2) is 0 Å². The van der Waals surface area contributed by atoms with Crippen molar-refractivity contribution in [2.75, 3.05) is 6.54 Å². The first-order valence-electron chi connectivity index (χ1n) is 6.65. The minimum atomic E-state index is 0.249. The van der Waals surface area contributed by atoms with E-state index in [-0.39, 0.29) is 6.10 Å². The lowest BCUT2D eigenvalue weighted by molar-refractivity contribution is 0.190. The summed E-state index contributed by atoms with van der Waals surface area (Å²) in [6, 6.07) is 0. The molecule has 0 rings (SSSR count). The van der Waals surface area contributed by atoms with Crippen LogP contribution in [0, 0.1) is 0 Å². The Morgan fingerprint density at radius 1 is 1.12 bits per heavy atom. The summed E-state index contributed by atoms with van der Waals surface area (Å²) in [5.74, 6) is 0. The van der Waals surface area contributed by atoms with Crippen molar-refractivity contribution in [1.82, 2.24) is 5.32 Å². The van der Waals surface area contributed by atoms with Gasteiger partial charge in [-0.3, -0.25) is 0 Å². The Bertz CT molecular complexity index is 173. The van der Waals surface area contributed by atoms with Gasteiger partial charge in [0, 0.05) is 6.54 Å². The fourth-order valence-electron chi connectivity index (χ4n) is 1.51. The van der Waals surface area contributed by atoms with Gasteiger partial charge in [0.15, 0.2) is 0 Å². The molecule has 2 nitrogen and oxygen atoms in total.